The number of anilines is 1. The van der Waals surface area contributed by atoms with Gasteiger partial charge in [0.05, 0.1) is 23.9 Å². The molecule has 1 aromatic carbocycles. The van der Waals surface area contributed by atoms with E-state index in [1.54, 1.807) is 36.1 Å². The summed E-state index contributed by atoms with van der Waals surface area (Å²) in [6, 6.07) is 9.47. The van der Waals surface area contributed by atoms with Crippen molar-refractivity contribution in [2.45, 2.75) is 6.54 Å². The molecule has 26 heavy (non-hydrogen) atoms. The minimum atomic E-state index is -0.450. The van der Waals surface area contributed by atoms with Crippen LogP contribution in [0.15, 0.2) is 53.3 Å². The minimum Gasteiger partial charge on any atom is -0.467 e. The third kappa shape index (κ3) is 2.67. The molecule has 2 aromatic heterocycles. The van der Waals surface area contributed by atoms with Crippen LogP contribution in [0.1, 0.15) is 36.8 Å². The van der Waals surface area contributed by atoms with Crippen molar-refractivity contribution >= 4 is 23.5 Å². The average Bonchev–Trinajstić information content (AvgIpc) is 3.33. The third-order valence-corrected chi connectivity index (χ3v) is 4.08. The summed E-state index contributed by atoms with van der Waals surface area (Å²) < 4.78 is 6.76. The standard InChI is InChI=1S/C18H14N4O4/c1-21-7-6-15(20-21)19-16(23)11-4-5-13-14(9-11)18(25)22(17(13)24)10-12-3-2-8-26-12/h2-9H,10H2,1H3,(H,19,20,23). The molecule has 130 valence electrons. The van der Waals surface area contributed by atoms with Crippen molar-refractivity contribution in [2.24, 2.45) is 7.05 Å². The fourth-order valence-electron chi connectivity index (χ4n) is 2.80. The molecule has 1 N–H and O–H groups in total. The third-order valence-electron chi connectivity index (χ3n) is 4.08. The molecule has 1 aliphatic heterocycles. The van der Waals surface area contributed by atoms with Gasteiger partial charge in [0.1, 0.15) is 5.76 Å². The zero-order valence-corrected chi connectivity index (χ0v) is 13.8. The fraction of sp³-hybridized carbons (Fsp3) is 0.111. The highest BCUT2D eigenvalue weighted by molar-refractivity contribution is 6.22. The predicted octanol–water partition coefficient (Wildman–Crippen LogP) is 2.06. The highest BCUT2D eigenvalue weighted by Gasteiger charge is 2.36. The number of furan rings is 1. The first-order valence-electron chi connectivity index (χ1n) is 7.86. The van der Waals surface area contributed by atoms with Gasteiger partial charge in [0.25, 0.3) is 17.7 Å². The lowest BCUT2D eigenvalue weighted by molar-refractivity contribution is 0.0631. The van der Waals surface area contributed by atoms with E-state index in [0.29, 0.717) is 11.6 Å². The second-order valence-electron chi connectivity index (χ2n) is 5.86. The van der Waals surface area contributed by atoms with Crippen LogP contribution in [0.5, 0.6) is 0 Å². The number of rotatable bonds is 4. The number of hydrogen-bond acceptors (Lipinski definition) is 5. The van der Waals surface area contributed by atoms with Gasteiger partial charge in [0, 0.05) is 24.9 Å². The molecule has 0 saturated carbocycles. The topological polar surface area (TPSA) is 97.4 Å². The molecule has 0 aliphatic carbocycles. The van der Waals surface area contributed by atoms with Gasteiger partial charge in [-0.2, -0.15) is 5.10 Å². The Balaban J connectivity index is 1.58. The zero-order valence-electron chi connectivity index (χ0n) is 13.8. The molecule has 1 aliphatic rings. The Labute approximate surface area is 148 Å². The molecule has 3 aromatic rings. The Morgan fingerprint density at radius 2 is 1.96 bits per heavy atom. The monoisotopic (exact) mass is 350 g/mol. The Bertz CT molecular complexity index is 1020. The van der Waals surface area contributed by atoms with Crippen LogP contribution in [0, 0.1) is 0 Å². The van der Waals surface area contributed by atoms with E-state index < -0.39 is 17.7 Å². The van der Waals surface area contributed by atoms with Crippen molar-refractivity contribution in [3.63, 3.8) is 0 Å². The molecule has 0 fully saturated rings. The van der Waals surface area contributed by atoms with E-state index >= 15 is 0 Å². The van der Waals surface area contributed by atoms with Crippen LogP contribution in [0.3, 0.4) is 0 Å². The van der Waals surface area contributed by atoms with Crippen molar-refractivity contribution in [2.75, 3.05) is 5.32 Å². The van der Waals surface area contributed by atoms with Gasteiger partial charge < -0.3 is 9.73 Å². The molecular weight excluding hydrogens is 336 g/mol. The maximum atomic E-state index is 12.6. The second kappa shape index (κ2) is 5.99. The van der Waals surface area contributed by atoms with Gasteiger partial charge in [0.2, 0.25) is 0 Å². The quantitative estimate of drug-likeness (QED) is 0.727. The number of imide groups is 1. The maximum Gasteiger partial charge on any atom is 0.261 e. The summed E-state index contributed by atoms with van der Waals surface area (Å²) >= 11 is 0. The average molecular weight is 350 g/mol. The molecule has 0 radical (unpaired) electrons. The minimum absolute atomic E-state index is 0.0504. The first-order chi connectivity index (χ1) is 12.5. The van der Waals surface area contributed by atoms with Crippen LogP contribution >= 0.6 is 0 Å². The summed E-state index contributed by atoms with van der Waals surface area (Å²) in [4.78, 5) is 38.5. The Kier molecular flexibility index (Phi) is 3.65. The van der Waals surface area contributed by atoms with Crippen LogP contribution < -0.4 is 5.32 Å². The highest BCUT2D eigenvalue weighted by Crippen LogP contribution is 2.26. The zero-order chi connectivity index (χ0) is 18.3. The SMILES string of the molecule is Cn1ccc(NC(=O)c2ccc3c(c2)C(=O)N(Cc2ccco2)C3=O)n1. The van der Waals surface area contributed by atoms with Crippen molar-refractivity contribution < 1.29 is 18.8 Å². The van der Waals surface area contributed by atoms with E-state index in [-0.39, 0.29) is 23.2 Å². The Hall–Kier alpha value is -3.68. The van der Waals surface area contributed by atoms with Crippen molar-refractivity contribution in [1.29, 1.82) is 0 Å². The number of fused-ring (bicyclic) bond motifs is 1. The van der Waals surface area contributed by atoms with Crippen molar-refractivity contribution in [1.82, 2.24) is 14.7 Å². The smallest absolute Gasteiger partial charge is 0.261 e. The number of carbonyl (C=O) groups is 3. The lowest BCUT2D eigenvalue weighted by atomic mass is 10.1. The number of aryl methyl sites for hydroxylation is 1. The molecule has 8 nitrogen and oxygen atoms in total. The second-order valence-corrected chi connectivity index (χ2v) is 5.86. The number of amides is 3. The number of hydrogen-bond donors (Lipinski definition) is 1. The predicted molar refractivity (Wildman–Crippen MR) is 90.5 cm³/mol. The van der Waals surface area contributed by atoms with Crippen LogP contribution in [0.4, 0.5) is 5.82 Å². The van der Waals surface area contributed by atoms with Crippen LogP contribution in [-0.2, 0) is 13.6 Å². The lowest BCUT2D eigenvalue weighted by Crippen LogP contribution is -2.28. The number of carbonyl (C=O) groups excluding carboxylic acids is 3. The summed E-state index contributed by atoms with van der Waals surface area (Å²) in [5.74, 6) is -0.351. The van der Waals surface area contributed by atoms with E-state index in [2.05, 4.69) is 10.4 Å². The van der Waals surface area contributed by atoms with E-state index in [0.717, 1.165) is 4.90 Å². The first-order valence-corrected chi connectivity index (χ1v) is 7.86. The molecule has 3 amide bonds. The van der Waals surface area contributed by atoms with Crippen molar-refractivity contribution in [3.05, 3.63) is 71.3 Å². The van der Waals surface area contributed by atoms with Crippen molar-refractivity contribution in [3.8, 4) is 0 Å². The molecule has 4 rings (SSSR count). The first kappa shape index (κ1) is 15.8. The van der Waals surface area contributed by atoms with Crippen LogP contribution in [0.2, 0.25) is 0 Å². The molecule has 8 heteroatoms. The summed E-state index contributed by atoms with van der Waals surface area (Å²) in [5.41, 5.74) is 0.751. The molecule has 0 atom stereocenters. The maximum absolute atomic E-state index is 12.6. The lowest BCUT2D eigenvalue weighted by Gasteiger charge is -2.11. The summed E-state index contributed by atoms with van der Waals surface area (Å²) in [6.07, 6.45) is 3.18. The largest absolute Gasteiger partial charge is 0.467 e. The molecular formula is C18H14N4O4. The number of nitrogens with one attached hydrogen (secondary N) is 1. The normalized spacial score (nSPS) is 13.2. The van der Waals surface area contributed by atoms with Gasteiger partial charge in [-0.15, -0.1) is 0 Å². The van der Waals surface area contributed by atoms with Gasteiger partial charge in [0.15, 0.2) is 5.82 Å². The van der Waals surface area contributed by atoms with E-state index in [1.165, 1.54) is 24.5 Å². The molecule has 3 heterocycles. The molecule has 0 spiro atoms. The van der Waals surface area contributed by atoms with E-state index in [4.69, 9.17) is 4.42 Å². The molecule has 0 unspecified atom stereocenters. The number of aromatic nitrogens is 2. The number of benzene rings is 1. The molecule has 0 bridgehead atoms. The fourth-order valence-corrected chi connectivity index (χ4v) is 2.80. The van der Waals surface area contributed by atoms with E-state index in [9.17, 15) is 14.4 Å². The van der Waals surface area contributed by atoms with Gasteiger partial charge in [-0.3, -0.25) is 24.0 Å². The van der Waals surface area contributed by atoms with Gasteiger partial charge in [-0.1, -0.05) is 0 Å². The summed E-state index contributed by atoms with van der Waals surface area (Å²) in [6.45, 7) is 0.0504. The Morgan fingerprint density at radius 1 is 1.15 bits per heavy atom. The number of nitrogens with zero attached hydrogens (tertiary/aromatic N) is 3. The molecule has 0 saturated heterocycles. The van der Waals surface area contributed by atoms with Crippen LogP contribution in [-0.4, -0.2) is 32.4 Å². The Morgan fingerprint density at radius 3 is 2.65 bits per heavy atom. The van der Waals surface area contributed by atoms with Crippen LogP contribution in [0.25, 0.3) is 0 Å². The van der Waals surface area contributed by atoms with Gasteiger partial charge in [-0.25, -0.2) is 0 Å². The highest BCUT2D eigenvalue weighted by atomic mass is 16.3. The van der Waals surface area contributed by atoms with E-state index in [1.807, 2.05) is 0 Å². The van der Waals surface area contributed by atoms with Gasteiger partial charge in [-0.05, 0) is 30.3 Å². The summed E-state index contributed by atoms with van der Waals surface area (Å²) in [5, 5.41) is 6.72. The van der Waals surface area contributed by atoms with Gasteiger partial charge >= 0.3 is 0 Å². The summed E-state index contributed by atoms with van der Waals surface area (Å²) in [7, 11) is 1.74.